The van der Waals surface area contributed by atoms with Gasteiger partial charge in [-0.3, -0.25) is 0 Å². The first-order valence-electron chi connectivity index (χ1n) is 2.82. The van der Waals surface area contributed by atoms with Crippen LogP contribution in [0.1, 0.15) is 0 Å². The zero-order chi connectivity index (χ0) is 9.07. The van der Waals surface area contributed by atoms with Crippen LogP contribution in [-0.4, -0.2) is 39.9 Å². The second kappa shape index (κ2) is 3.54. The van der Waals surface area contributed by atoms with Gasteiger partial charge >= 0.3 is 16.2 Å². The lowest BCUT2D eigenvalue weighted by Gasteiger charge is -2.11. The summed E-state index contributed by atoms with van der Waals surface area (Å²) < 4.78 is 24.4. The molecule has 0 radical (unpaired) electrons. The van der Waals surface area contributed by atoms with Gasteiger partial charge in [0.2, 0.25) is 0 Å². The Morgan fingerprint density at radius 1 is 1.36 bits per heavy atom. The van der Waals surface area contributed by atoms with E-state index in [9.17, 15) is 13.2 Å². The molecule has 0 bridgehead atoms. The molecule has 0 aromatic heterocycles. The second-order valence-electron chi connectivity index (χ2n) is 1.97. The largest absolute Gasteiger partial charge is 0.340 e. The minimum Gasteiger partial charge on any atom is -0.340 e. The molecule has 0 aliphatic rings. The molecule has 0 atom stereocenters. The van der Waals surface area contributed by atoms with E-state index in [0.717, 1.165) is 4.31 Å². The van der Waals surface area contributed by atoms with Crippen molar-refractivity contribution in [1.29, 1.82) is 0 Å². The Bertz CT molecular complexity index is 233. The molecule has 0 saturated heterocycles. The van der Waals surface area contributed by atoms with Crippen molar-refractivity contribution in [1.82, 2.24) is 14.3 Å². The Hall–Kier alpha value is -0.820. The number of amides is 2. The molecule has 0 aliphatic heterocycles. The van der Waals surface area contributed by atoms with Crippen LogP contribution in [0.15, 0.2) is 0 Å². The molecule has 0 unspecified atom stereocenters. The molecule has 11 heavy (non-hydrogen) atoms. The maximum absolute atomic E-state index is 10.9. The zero-order valence-electron chi connectivity index (χ0n) is 6.58. The van der Waals surface area contributed by atoms with Gasteiger partial charge in [-0.2, -0.15) is 12.7 Å². The third-order valence-corrected chi connectivity index (χ3v) is 2.33. The van der Waals surface area contributed by atoms with E-state index in [4.69, 9.17) is 0 Å². The smallest absolute Gasteiger partial charge is 0.329 e. The molecular formula is C4H11N3O3S. The monoisotopic (exact) mass is 181 g/mol. The highest BCUT2D eigenvalue weighted by atomic mass is 32.2. The maximum atomic E-state index is 10.9. The van der Waals surface area contributed by atoms with Crippen molar-refractivity contribution >= 4 is 16.2 Å². The van der Waals surface area contributed by atoms with E-state index in [1.807, 2.05) is 0 Å². The number of carbonyl (C=O) groups is 1. The van der Waals surface area contributed by atoms with Gasteiger partial charge in [0, 0.05) is 21.1 Å². The molecule has 0 aromatic carbocycles. The standard InChI is InChI=1S/C4H11N3O3S/c1-5-4(8)6-11(9,10)7(2)3/h1-3H3,(H2,5,6,8). The number of hydrogen-bond acceptors (Lipinski definition) is 3. The molecule has 7 heteroatoms. The minimum absolute atomic E-state index is 0.751. The highest BCUT2D eigenvalue weighted by Gasteiger charge is 2.14. The Kier molecular flexibility index (Phi) is 3.27. The fourth-order valence-corrected chi connectivity index (χ4v) is 0.778. The molecule has 0 rings (SSSR count). The van der Waals surface area contributed by atoms with Gasteiger partial charge in [0.15, 0.2) is 0 Å². The summed E-state index contributed by atoms with van der Waals surface area (Å²) in [7, 11) is 0.345. The summed E-state index contributed by atoms with van der Waals surface area (Å²) in [6, 6.07) is -0.751. The Balaban J connectivity index is 4.27. The number of urea groups is 1. The van der Waals surface area contributed by atoms with Gasteiger partial charge in [-0.15, -0.1) is 0 Å². The third-order valence-electron chi connectivity index (χ3n) is 0.929. The quantitative estimate of drug-likeness (QED) is 0.557. The Labute approximate surface area is 65.8 Å². The third kappa shape index (κ3) is 3.19. The van der Waals surface area contributed by atoms with Gasteiger partial charge in [-0.1, -0.05) is 0 Å². The first-order chi connectivity index (χ1) is 4.90. The van der Waals surface area contributed by atoms with Gasteiger partial charge in [0.05, 0.1) is 0 Å². The van der Waals surface area contributed by atoms with Crippen molar-refractivity contribution in [3.05, 3.63) is 0 Å². The van der Waals surface area contributed by atoms with Crippen LogP contribution in [0.3, 0.4) is 0 Å². The Morgan fingerprint density at radius 3 is 2.09 bits per heavy atom. The number of carbonyl (C=O) groups excluding carboxylic acids is 1. The summed E-state index contributed by atoms with van der Waals surface area (Å²) in [5.74, 6) is 0. The van der Waals surface area contributed by atoms with Crippen LogP contribution >= 0.6 is 0 Å². The molecule has 0 aliphatic carbocycles. The zero-order valence-corrected chi connectivity index (χ0v) is 7.40. The van der Waals surface area contributed by atoms with Crippen molar-refractivity contribution < 1.29 is 13.2 Å². The lowest BCUT2D eigenvalue weighted by Crippen LogP contribution is -2.43. The predicted octanol–water partition coefficient (Wildman–Crippen LogP) is -1.28. The lowest BCUT2D eigenvalue weighted by molar-refractivity contribution is 0.247. The van der Waals surface area contributed by atoms with Crippen molar-refractivity contribution in [3.63, 3.8) is 0 Å². The fourth-order valence-electron chi connectivity index (χ4n) is 0.259. The number of nitrogens with one attached hydrogen (secondary N) is 2. The molecular weight excluding hydrogens is 170 g/mol. The van der Waals surface area contributed by atoms with Crippen LogP contribution in [-0.2, 0) is 10.2 Å². The maximum Gasteiger partial charge on any atom is 0.329 e. The number of rotatable bonds is 2. The van der Waals surface area contributed by atoms with Gasteiger partial charge < -0.3 is 5.32 Å². The van der Waals surface area contributed by atoms with Crippen LogP contribution < -0.4 is 10.0 Å². The van der Waals surface area contributed by atoms with E-state index >= 15 is 0 Å². The second-order valence-corrected chi connectivity index (χ2v) is 3.85. The molecule has 2 N–H and O–H groups in total. The van der Waals surface area contributed by atoms with Crippen LogP contribution in [0.5, 0.6) is 0 Å². The summed E-state index contributed by atoms with van der Waals surface area (Å²) in [5.41, 5.74) is 0. The van der Waals surface area contributed by atoms with Gasteiger partial charge in [-0.25, -0.2) is 9.52 Å². The molecule has 0 fully saturated rings. The summed E-state index contributed by atoms with van der Waals surface area (Å²) >= 11 is 0. The van der Waals surface area contributed by atoms with Crippen LogP contribution in [0, 0.1) is 0 Å². The van der Waals surface area contributed by atoms with E-state index in [0.29, 0.717) is 0 Å². The summed E-state index contributed by atoms with van der Waals surface area (Å²) in [6.45, 7) is 0. The van der Waals surface area contributed by atoms with Crippen LogP contribution in [0.4, 0.5) is 4.79 Å². The lowest BCUT2D eigenvalue weighted by atomic mass is 11.0. The normalized spacial score (nSPS) is 11.3. The molecule has 66 valence electrons. The van der Waals surface area contributed by atoms with E-state index in [1.54, 1.807) is 4.72 Å². The topological polar surface area (TPSA) is 78.5 Å². The predicted molar refractivity (Wildman–Crippen MR) is 40.2 cm³/mol. The highest BCUT2D eigenvalue weighted by molar-refractivity contribution is 7.87. The molecule has 6 nitrogen and oxygen atoms in total. The average Bonchev–Trinajstić information content (AvgIpc) is 1.86. The highest BCUT2D eigenvalue weighted by Crippen LogP contribution is 1.86. The SMILES string of the molecule is CNC(=O)NS(=O)(=O)N(C)C. The first kappa shape index (κ1) is 10.2. The van der Waals surface area contributed by atoms with Crippen molar-refractivity contribution in [2.45, 2.75) is 0 Å². The van der Waals surface area contributed by atoms with E-state index in [-0.39, 0.29) is 0 Å². The van der Waals surface area contributed by atoms with E-state index in [1.165, 1.54) is 21.1 Å². The van der Waals surface area contributed by atoms with Crippen molar-refractivity contribution in [2.75, 3.05) is 21.1 Å². The number of hydrogen-bond donors (Lipinski definition) is 2. The van der Waals surface area contributed by atoms with Gasteiger partial charge in [0.25, 0.3) is 0 Å². The molecule has 2 amide bonds. The molecule has 0 saturated carbocycles. The van der Waals surface area contributed by atoms with E-state index < -0.39 is 16.2 Å². The minimum atomic E-state index is -3.64. The summed E-state index contributed by atoms with van der Waals surface area (Å²) in [4.78, 5) is 10.5. The Morgan fingerprint density at radius 2 is 1.82 bits per heavy atom. The average molecular weight is 181 g/mol. The summed E-state index contributed by atoms with van der Waals surface area (Å²) in [6.07, 6.45) is 0. The van der Waals surface area contributed by atoms with Gasteiger partial charge in [-0.05, 0) is 0 Å². The molecule has 0 spiro atoms. The number of nitrogens with zero attached hydrogens (tertiary/aromatic N) is 1. The molecule has 0 heterocycles. The van der Waals surface area contributed by atoms with Crippen LogP contribution in [0.2, 0.25) is 0 Å². The molecule has 0 aromatic rings. The first-order valence-corrected chi connectivity index (χ1v) is 4.26. The fraction of sp³-hybridized carbons (Fsp3) is 0.750. The van der Waals surface area contributed by atoms with Crippen LogP contribution in [0.25, 0.3) is 0 Å². The van der Waals surface area contributed by atoms with Crippen molar-refractivity contribution in [2.24, 2.45) is 0 Å². The van der Waals surface area contributed by atoms with Crippen molar-refractivity contribution in [3.8, 4) is 0 Å². The summed E-state index contributed by atoms with van der Waals surface area (Å²) in [5, 5.41) is 2.12. The van der Waals surface area contributed by atoms with E-state index in [2.05, 4.69) is 5.32 Å². The van der Waals surface area contributed by atoms with Gasteiger partial charge in [0.1, 0.15) is 0 Å².